The Hall–Kier alpha value is -0.455. The van der Waals surface area contributed by atoms with Crippen molar-refractivity contribution in [3.8, 4) is 0 Å². The van der Waals surface area contributed by atoms with Crippen molar-refractivity contribution in [3.05, 3.63) is 28.2 Å². The number of halogens is 3. The van der Waals surface area contributed by atoms with Crippen molar-refractivity contribution in [1.29, 1.82) is 0 Å². The summed E-state index contributed by atoms with van der Waals surface area (Å²) >= 11 is 3.29. The fraction of sp³-hybridized carbons (Fsp3) is 0.538. The summed E-state index contributed by atoms with van der Waals surface area (Å²) in [6.45, 7) is 7.58. The van der Waals surface area contributed by atoms with E-state index >= 15 is 0 Å². The maximum atomic E-state index is 13.1. The number of rotatable bonds is 2. The van der Waals surface area contributed by atoms with Gasteiger partial charge in [-0.15, -0.1) is 0 Å². The standard InChI is InChI=1S/C13H16BBrF2O2/c1-12(2)13(3,4)19-14(18-12)10-7-8(15)5-6-9(10)11(16)17/h5-7,11H,1-4H3. The van der Waals surface area contributed by atoms with Crippen molar-refractivity contribution >= 4 is 28.5 Å². The molecule has 0 aliphatic carbocycles. The number of alkyl halides is 2. The molecule has 6 heteroatoms. The average Bonchev–Trinajstić information content (AvgIpc) is 2.47. The molecule has 1 fully saturated rings. The van der Waals surface area contributed by atoms with E-state index < -0.39 is 24.7 Å². The van der Waals surface area contributed by atoms with Gasteiger partial charge in [0.1, 0.15) is 0 Å². The molecular formula is C13H16BBrF2O2. The molecule has 1 saturated heterocycles. The fourth-order valence-electron chi connectivity index (χ4n) is 1.92. The molecule has 19 heavy (non-hydrogen) atoms. The van der Waals surface area contributed by atoms with Crippen molar-refractivity contribution < 1.29 is 18.1 Å². The van der Waals surface area contributed by atoms with Crippen molar-refractivity contribution in [2.45, 2.75) is 45.3 Å². The van der Waals surface area contributed by atoms with Gasteiger partial charge in [0.2, 0.25) is 0 Å². The third-order valence-electron chi connectivity index (χ3n) is 3.79. The molecule has 0 spiro atoms. The smallest absolute Gasteiger partial charge is 0.399 e. The van der Waals surface area contributed by atoms with E-state index in [-0.39, 0.29) is 5.56 Å². The molecule has 2 nitrogen and oxygen atoms in total. The van der Waals surface area contributed by atoms with Gasteiger partial charge in [0, 0.05) is 10.0 Å². The van der Waals surface area contributed by atoms with Gasteiger partial charge in [0.05, 0.1) is 11.2 Å². The Balaban J connectivity index is 2.41. The molecule has 0 bridgehead atoms. The van der Waals surface area contributed by atoms with Crippen molar-refractivity contribution in [3.63, 3.8) is 0 Å². The van der Waals surface area contributed by atoms with Gasteiger partial charge < -0.3 is 9.31 Å². The summed E-state index contributed by atoms with van der Waals surface area (Å²) in [4.78, 5) is 0. The van der Waals surface area contributed by atoms with Crippen LogP contribution in [0.1, 0.15) is 39.7 Å². The maximum absolute atomic E-state index is 13.1. The van der Waals surface area contributed by atoms with E-state index in [1.165, 1.54) is 6.07 Å². The molecule has 0 aromatic heterocycles. The van der Waals surface area contributed by atoms with Gasteiger partial charge in [-0.3, -0.25) is 0 Å². The van der Waals surface area contributed by atoms with E-state index in [4.69, 9.17) is 9.31 Å². The molecule has 0 amide bonds. The van der Waals surface area contributed by atoms with Crippen LogP contribution in [0.5, 0.6) is 0 Å². The highest BCUT2D eigenvalue weighted by atomic mass is 79.9. The second-order valence-corrected chi connectivity index (χ2v) is 6.58. The largest absolute Gasteiger partial charge is 0.495 e. The van der Waals surface area contributed by atoms with Crippen LogP contribution in [0.25, 0.3) is 0 Å². The monoisotopic (exact) mass is 332 g/mol. The number of hydrogen-bond acceptors (Lipinski definition) is 2. The van der Waals surface area contributed by atoms with Gasteiger partial charge in [-0.2, -0.15) is 0 Å². The van der Waals surface area contributed by atoms with Crippen molar-refractivity contribution in [2.24, 2.45) is 0 Å². The third kappa shape index (κ3) is 2.71. The molecule has 1 aliphatic heterocycles. The van der Waals surface area contributed by atoms with Crippen LogP contribution < -0.4 is 5.46 Å². The molecule has 0 unspecified atom stereocenters. The lowest BCUT2D eigenvalue weighted by atomic mass is 9.76. The third-order valence-corrected chi connectivity index (χ3v) is 4.28. The first kappa shape index (κ1) is 14.9. The Morgan fingerprint density at radius 3 is 2.11 bits per heavy atom. The zero-order valence-corrected chi connectivity index (χ0v) is 12.9. The van der Waals surface area contributed by atoms with Gasteiger partial charge in [0.25, 0.3) is 6.43 Å². The first-order valence-corrected chi connectivity index (χ1v) is 6.86. The number of hydrogen-bond donors (Lipinski definition) is 0. The minimum Gasteiger partial charge on any atom is -0.399 e. The van der Waals surface area contributed by atoms with E-state index in [1.54, 1.807) is 12.1 Å². The predicted molar refractivity (Wildman–Crippen MR) is 74.8 cm³/mol. The highest BCUT2D eigenvalue weighted by Crippen LogP contribution is 2.37. The summed E-state index contributed by atoms with van der Waals surface area (Å²) in [6.07, 6.45) is -2.55. The fourth-order valence-corrected chi connectivity index (χ4v) is 2.30. The normalized spacial score (nSPS) is 21.2. The van der Waals surface area contributed by atoms with Crippen LogP contribution in [0, 0.1) is 0 Å². The summed E-state index contributed by atoms with van der Waals surface area (Å²) in [5, 5.41) is 0. The minimum atomic E-state index is -2.55. The molecular weight excluding hydrogens is 317 g/mol. The van der Waals surface area contributed by atoms with Crippen LogP contribution in [0.15, 0.2) is 22.7 Å². The van der Waals surface area contributed by atoms with Gasteiger partial charge in [0.15, 0.2) is 0 Å². The lowest BCUT2D eigenvalue weighted by Crippen LogP contribution is -2.41. The first-order chi connectivity index (χ1) is 8.64. The Morgan fingerprint density at radius 2 is 1.63 bits per heavy atom. The van der Waals surface area contributed by atoms with Gasteiger partial charge in [-0.25, -0.2) is 8.78 Å². The predicted octanol–water partition coefficient (Wildman–Crippen LogP) is 3.69. The van der Waals surface area contributed by atoms with Gasteiger partial charge >= 0.3 is 7.12 Å². The molecule has 1 aromatic rings. The molecule has 104 valence electrons. The Morgan fingerprint density at radius 1 is 1.11 bits per heavy atom. The first-order valence-electron chi connectivity index (χ1n) is 6.07. The lowest BCUT2D eigenvalue weighted by molar-refractivity contribution is 0.00578. The van der Waals surface area contributed by atoms with Gasteiger partial charge in [-0.05, 0) is 45.3 Å². The summed E-state index contributed by atoms with van der Waals surface area (Å²) in [5.74, 6) is 0. The minimum absolute atomic E-state index is 0.0540. The highest BCUT2D eigenvalue weighted by Gasteiger charge is 2.52. The molecule has 1 heterocycles. The van der Waals surface area contributed by atoms with Crippen molar-refractivity contribution in [1.82, 2.24) is 0 Å². The summed E-state index contributed by atoms with van der Waals surface area (Å²) in [5.41, 5.74) is -0.761. The lowest BCUT2D eigenvalue weighted by Gasteiger charge is -2.32. The van der Waals surface area contributed by atoms with Crippen molar-refractivity contribution in [2.75, 3.05) is 0 Å². The van der Waals surface area contributed by atoms with Gasteiger partial charge in [-0.1, -0.05) is 22.0 Å². The summed E-state index contributed by atoms with van der Waals surface area (Å²) in [6, 6.07) is 4.62. The second-order valence-electron chi connectivity index (χ2n) is 5.66. The Bertz CT molecular complexity index is 476. The van der Waals surface area contributed by atoms with Crippen LogP contribution in [0.2, 0.25) is 0 Å². The van der Waals surface area contributed by atoms with Crippen LogP contribution in [-0.2, 0) is 9.31 Å². The highest BCUT2D eigenvalue weighted by molar-refractivity contribution is 9.10. The van der Waals surface area contributed by atoms with E-state index in [1.807, 2.05) is 27.7 Å². The van der Waals surface area contributed by atoms with Crippen LogP contribution in [0.3, 0.4) is 0 Å². The summed E-state index contributed by atoms with van der Waals surface area (Å²) in [7, 11) is -0.772. The van der Waals surface area contributed by atoms with E-state index in [9.17, 15) is 8.78 Å². The van der Waals surface area contributed by atoms with E-state index in [0.29, 0.717) is 5.46 Å². The zero-order valence-electron chi connectivity index (χ0n) is 11.3. The summed E-state index contributed by atoms with van der Waals surface area (Å²) < 4.78 is 38.5. The molecule has 1 aromatic carbocycles. The Labute approximate surface area is 120 Å². The molecule has 2 rings (SSSR count). The number of benzene rings is 1. The average molecular weight is 333 g/mol. The SMILES string of the molecule is CC1(C)OB(c2cc(Br)ccc2C(F)F)OC1(C)C. The molecule has 0 atom stereocenters. The second kappa shape index (κ2) is 4.83. The van der Waals surface area contributed by atoms with Crippen LogP contribution in [0.4, 0.5) is 8.78 Å². The van der Waals surface area contributed by atoms with E-state index in [2.05, 4.69) is 15.9 Å². The molecule has 1 aliphatic rings. The molecule has 0 saturated carbocycles. The van der Waals surface area contributed by atoms with E-state index in [0.717, 1.165) is 4.47 Å². The maximum Gasteiger partial charge on any atom is 0.495 e. The molecule has 0 radical (unpaired) electrons. The van der Waals surface area contributed by atoms with Crippen LogP contribution >= 0.6 is 15.9 Å². The Kier molecular flexibility index (Phi) is 3.80. The topological polar surface area (TPSA) is 18.5 Å². The zero-order chi connectivity index (χ0) is 14.4. The quantitative estimate of drug-likeness (QED) is 0.769. The molecule has 0 N–H and O–H groups in total. The van der Waals surface area contributed by atoms with Crippen LogP contribution in [-0.4, -0.2) is 18.3 Å².